The first kappa shape index (κ1) is 17.2. The predicted octanol–water partition coefficient (Wildman–Crippen LogP) is 2.94. The van der Waals surface area contributed by atoms with Crippen LogP contribution in [0.5, 0.6) is 0 Å². The molecule has 6 nitrogen and oxygen atoms in total. The molecule has 0 spiro atoms. The second-order valence-electron chi connectivity index (χ2n) is 6.71. The molecule has 6 heteroatoms. The lowest BCUT2D eigenvalue weighted by Gasteiger charge is -2.31. The Hall–Kier alpha value is -2.65. The Morgan fingerprint density at radius 3 is 2.44 bits per heavy atom. The van der Waals surface area contributed by atoms with Crippen LogP contribution in [0.25, 0.3) is 11.3 Å². The highest BCUT2D eigenvalue weighted by Gasteiger charge is 2.18. The van der Waals surface area contributed by atoms with Gasteiger partial charge in [0.1, 0.15) is 17.5 Å². The largest absolute Gasteiger partial charge is 0.382 e. The minimum Gasteiger partial charge on any atom is -0.382 e. The summed E-state index contributed by atoms with van der Waals surface area (Å²) in [6.45, 7) is 0.921. The van der Waals surface area contributed by atoms with Gasteiger partial charge in [0.2, 0.25) is 5.95 Å². The van der Waals surface area contributed by atoms with E-state index in [9.17, 15) is 5.26 Å². The van der Waals surface area contributed by atoms with Crippen molar-refractivity contribution in [3.63, 3.8) is 0 Å². The maximum Gasteiger partial charge on any atom is 0.222 e. The van der Waals surface area contributed by atoms with E-state index in [1.165, 1.54) is 37.7 Å². The quantitative estimate of drug-likeness (QED) is 0.889. The number of nitrogens with zero attached hydrogens (tertiary/aromatic N) is 4. The number of nitriles is 1. The molecule has 3 rings (SSSR count). The van der Waals surface area contributed by atoms with Crippen molar-refractivity contribution < 1.29 is 0 Å². The lowest BCUT2D eigenvalue weighted by atomic mass is 9.94. The molecule has 1 fully saturated rings. The highest BCUT2D eigenvalue weighted by atomic mass is 15.1. The van der Waals surface area contributed by atoms with Crippen LogP contribution in [-0.2, 0) is 6.54 Å². The average molecular weight is 336 g/mol. The molecular weight excluding hydrogens is 312 g/mol. The van der Waals surface area contributed by atoms with Gasteiger partial charge in [-0.2, -0.15) is 10.2 Å². The van der Waals surface area contributed by atoms with E-state index in [1.807, 2.05) is 12.1 Å². The fourth-order valence-electron chi connectivity index (χ4n) is 3.52. The van der Waals surface area contributed by atoms with Gasteiger partial charge in [0.25, 0.3) is 0 Å². The van der Waals surface area contributed by atoms with Gasteiger partial charge >= 0.3 is 0 Å². The second-order valence-corrected chi connectivity index (χ2v) is 6.71. The number of hydrogen-bond acceptors (Lipinski definition) is 6. The highest BCUT2D eigenvalue weighted by Crippen LogP contribution is 2.27. The summed E-state index contributed by atoms with van der Waals surface area (Å²) >= 11 is 0. The summed E-state index contributed by atoms with van der Waals surface area (Å²) in [7, 11) is 2.20. The van der Waals surface area contributed by atoms with E-state index in [0.29, 0.717) is 11.7 Å². The maximum atomic E-state index is 9.31. The molecule has 0 bridgehead atoms. The molecule has 1 aliphatic carbocycles. The van der Waals surface area contributed by atoms with E-state index in [0.717, 1.165) is 12.1 Å². The number of nitrogens with two attached hydrogens (primary N) is 2. The minimum absolute atomic E-state index is 0.0765. The van der Waals surface area contributed by atoms with Crippen molar-refractivity contribution in [3.8, 4) is 17.3 Å². The van der Waals surface area contributed by atoms with Gasteiger partial charge in [-0.15, -0.1) is 0 Å². The van der Waals surface area contributed by atoms with Crippen LogP contribution in [0.1, 0.15) is 43.2 Å². The molecule has 0 aliphatic heterocycles. The first-order valence-corrected chi connectivity index (χ1v) is 8.71. The third kappa shape index (κ3) is 3.89. The number of anilines is 2. The predicted molar refractivity (Wildman–Crippen MR) is 99.3 cm³/mol. The summed E-state index contributed by atoms with van der Waals surface area (Å²) in [6, 6.07) is 10.8. The molecule has 4 N–H and O–H groups in total. The first-order valence-electron chi connectivity index (χ1n) is 8.71. The Labute approximate surface area is 148 Å². The van der Waals surface area contributed by atoms with Crippen molar-refractivity contribution in [2.75, 3.05) is 18.5 Å². The number of rotatable bonds is 4. The molecule has 1 aromatic heterocycles. The van der Waals surface area contributed by atoms with E-state index >= 15 is 0 Å². The van der Waals surface area contributed by atoms with Crippen LogP contribution in [0, 0.1) is 11.3 Å². The van der Waals surface area contributed by atoms with Gasteiger partial charge in [-0.3, -0.25) is 4.90 Å². The van der Waals surface area contributed by atoms with Crippen LogP contribution in [0.4, 0.5) is 11.8 Å². The van der Waals surface area contributed by atoms with Crippen molar-refractivity contribution in [2.24, 2.45) is 0 Å². The molecule has 1 heterocycles. The van der Waals surface area contributed by atoms with Crippen LogP contribution < -0.4 is 11.5 Å². The molecular formula is C19H24N6. The van der Waals surface area contributed by atoms with E-state index in [2.05, 4.69) is 40.1 Å². The monoisotopic (exact) mass is 336 g/mol. The zero-order valence-corrected chi connectivity index (χ0v) is 14.6. The molecule has 0 unspecified atom stereocenters. The lowest BCUT2D eigenvalue weighted by Crippen LogP contribution is -2.32. The van der Waals surface area contributed by atoms with Gasteiger partial charge in [0, 0.05) is 18.2 Å². The Bertz CT molecular complexity index is 772. The third-order valence-electron chi connectivity index (χ3n) is 4.92. The fraction of sp³-hybridized carbons (Fsp3) is 0.421. The van der Waals surface area contributed by atoms with Gasteiger partial charge in [-0.25, -0.2) is 4.98 Å². The summed E-state index contributed by atoms with van der Waals surface area (Å²) in [5, 5.41) is 9.31. The van der Waals surface area contributed by atoms with Crippen molar-refractivity contribution in [1.29, 1.82) is 5.26 Å². The van der Waals surface area contributed by atoms with Crippen LogP contribution in [0.3, 0.4) is 0 Å². The van der Waals surface area contributed by atoms with Crippen LogP contribution >= 0.6 is 0 Å². The first-order chi connectivity index (χ1) is 12.1. The topological polar surface area (TPSA) is 105 Å². The van der Waals surface area contributed by atoms with Crippen molar-refractivity contribution >= 4 is 11.8 Å². The molecule has 130 valence electrons. The van der Waals surface area contributed by atoms with Gasteiger partial charge in [-0.05, 0) is 25.5 Å². The zero-order chi connectivity index (χ0) is 17.8. The second kappa shape index (κ2) is 7.49. The smallest absolute Gasteiger partial charge is 0.222 e. The lowest BCUT2D eigenvalue weighted by molar-refractivity contribution is 0.184. The summed E-state index contributed by atoms with van der Waals surface area (Å²) in [4.78, 5) is 10.5. The minimum atomic E-state index is 0.0765. The Morgan fingerprint density at radius 2 is 1.80 bits per heavy atom. The van der Waals surface area contributed by atoms with E-state index in [-0.39, 0.29) is 17.3 Å². The molecule has 0 amide bonds. The van der Waals surface area contributed by atoms with Crippen molar-refractivity contribution in [3.05, 3.63) is 35.4 Å². The normalized spacial score (nSPS) is 15.2. The third-order valence-corrected chi connectivity index (χ3v) is 4.92. The molecule has 0 saturated heterocycles. The van der Waals surface area contributed by atoms with Gasteiger partial charge in [-0.1, -0.05) is 43.5 Å². The zero-order valence-electron chi connectivity index (χ0n) is 14.6. The van der Waals surface area contributed by atoms with Crippen LogP contribution in [0.2, 0.25) is 0 Å². The molecule has 25 heavy (non-hydrogen) atoms. The standard InChI is InChI=1S/C19H24N6/c1-25(15-5-3-2-4-6-15)12-13-7-9-14(10-8-13)17-16(11-20)18(21)24-19(22)23-17/h7-10,15H,2-6,12H2,1H3,(H4,21,22,23,24). The summed E-state index contributed by atoms with van der Waals surface area (Å²) in [6.07, 6.45) is 6.62. The number of aromatic nitrogens is 2. The number of benzene rings is 1. The van der Waals surface area contributed by atoms with Gasteiger partial charge in [0.15, 0.2) is 0 Å². The molecule has 1 aromatic carbocycles. The number of hydrogen-bond donors (Lipinski definition) is 2. The number of nitrogen functional groups attached to an aromatic ring is 2. The summed E-state index contributed by atoms with van der Waals surface area (Å²) in [5.41, 5.74) is 14.3. The SMILES string of the molecule is CN(Cc1ccc(-c2nc(N)nc(N)c2C#N)cc1)C1CCCCC1. The molecule has 2 aromatic rings. The average Bonchev–Trinajstić information content (AvgIpc) is 2.62. The molecule has 1 saturated carbocycles. The summed E-state index contributed by atoms with van der Waals surface area (Å²) in [5.74, 6) is 0.193. The summed E-state index contributed by atoms with van der Waals surface area (Å²) < 4.78 is 0. The molecule has 0 radical (unpaired) electrons. The molecule has 0 atom stereocenters. The highest BCUT2D eigenvalue weighted by molar-refractivity contribution is 5.73. The van der Waals surface area contributed by atoms with Crippen molar-refractivity contribution in [1.82, 2.24) is 14.9 Å². The molecule has 1 aliphatic rings. The Kier molecular flexibility index (Phi) is 5.15. The maximum absolute atomic E-state index is 9.31. The Morgan fingerprint density at radius 1 is 1.12 bits per heavy atom. The fourth-order valence-corrected chi connectivity index (χ4v) is 3.52. The van der Waals surface area contributed by atoms with Crippen LogP contribution in [0.15, 0.2) is 24.3 Å². The van der Waals surface area contributed by atoms with E-state index in [1.54, 1.807) is 0 Å². The van der Waals surface area contributed by atoms with E-state index < -0.39 is 0 Å². The Balaban J connectivity index is 1.78. The van der Waals surface area contributed by atoms with Crippen molar-refractivity contribution in [2.45, 2.75) is 44.7 Å². The van der Waals surface area contributed by atoms with Gasteiger partial charge in [0.05, 0.1) is 5.69 Å². The van der Waals surface area contributed by atoms with E-state index in [4.69, 9.17) is 11.5 Å². The van der Waals surface area contributed by atoms with Crippen LogP contribution in [-0.4, -0.2) is 28.0 Å². The van der Waals surface area contributed by atoms with Gasteiger partial charge < -0.3 is 11.5 Å².